The molecule has 0 saturated carbocycles. The molecule has 0 aliphatic rings. The van der Waals surface area contributed by atoms with Crippen molar-refractivity contribution < 1.29 is 53.2 Å². The molecule has 3 rings (SSSR count). The summed E-state index contributed by atoms with van der Waals surface area (Å²) in [6.45, 7) is 3.78. The quantitative estimate of drug-likeness (QED) is 0.152. The van der Waals surface area contributed by atoms with Crippen LogP contribution in [0.3, 0.4) is 0 Å². The number of carbonyl (C=O) groups excluding carboxylic acids is 2. The van der Waals surface area contributed by atoms with Crippen LogP contribution in [-0.4, -0.2) is 63.8 Å². The SMILES string of the molecule is COc1cc(C)c(S(=O)(=O)O)cc1NC(=O)C(N=Nc1cc2c(S(=O)(=O)O)cc(C)cc2cc1S(=O)(=O)O)C(C)=O. The van der Waals surface area contributed by atoms with Crippen LogP contribution in [0, 0.1) is 13.8 Å². The van der Waals surface area contributed by atoms with Crippen LogP contribution < -0.4 is 10.1 Å². The Bertz CT molecular complexity index is 1950. The molecule has 18 heteroatoms. The number of ether oxygens (including phenoxy) is 1. The number of benzene rings is 3. The van der Waals surface area contributed by atoms with Gasteiger partial charge in [0.2, 0.25) is 6.04 Å². The van der Waals surface area contributed by atoms with Gasteiger partial charge in [-0.25, -0.2) is 0 Å². The summed E-state index contributed by atoms with van der Waals surface area (Å²) in [6, 6.07) is 4.35. The Morgan fingerprint density at radius 2 is 1.41 bits per heavy atom. The molecule has 0 fully saturated rings. The van der Waals surface area contributed by atoms with E-state index in [1.807, 2.05) is 0 Å². The highest BCUT2D eigenvalue weighted by Crippen LogP contribution is 2.35. The van der Waals surface area contributed by atoms with Crippen molar-refractivity contribution in [2.45, 2.75) is 41.5 Å². The minimum Gasteiger partial charge on any atom is -0.495 e. The van der Waals surface area contributed by atoms with E-state index < -0.39 is 68.5 Å². The summed E-state index contributed by atoms with van der Waals surface area (Å²) in [7, 11) is -13.3. The van der Waals surface area contributed by atoms with Gasteiger partial charge in [-0.3, -0.25) is 23.2 Å². The Hall–Kier alpha value is -3.81. The number of hydrogen-bond acceptors (Lipinski definition) is 11. The second-order valence-electron chi connectivity index (χ2n) is 8.77. The van der Waals surface area contributed by atoms with Crippen LogP contribution in [0.4, 0.5) is 11.4 Å². The predicted octanol–water partition coefficient (Wildman–Crippen LogP) is 2.89. The van der Waals surface area contributed by atoms with Crippen LogP contribution >= 0.6 is 0 Å². The van der Waals surface area contributed by atoms with Crippen LogP contribution in [0.1, 0.15) is 18.1 Å². The zero-order chi connectivity index (χ0) is 31.1. The monoisotopic (exact) mass is 629 g/mol. The van der Waals surface area contributed by atoms with E-state index in [9.17, 15) is 48.5 Å². The first-order valence-electron chi connectivity index (χ1n) is 11.2. The topological polar surface area (TPSA) is 243 Å². The van der Waals surface area contributed by atoms with E-state index >= 15 is 0 Å². The molecular weight excluding hydrogens is 606 g/mol. The minimum absolute atomic E-state index is 0.00818. The fourth-order valence-corrected chi connectivity index (χ4v) is 5.99. The third-order valence-electron chi connectivity index (χ3n) is 5.64. The van der Waals surface area contributed by atoms with E-state index in [0.717, 1.165) is 31.2 Å². The van der Waals surface area contributed by atoms with Gasteiger partial charge in [-0.15, -0.1) is 0 Å². The molecule has 0 saturated heterocycles. The zero-order valence-corrected chi connectivity index (χ0v) is 24.1. The van der Waals surface area contributed by atoms with Crippen LogP contribution in [0.15, 0.2) is 61.3 Å². The number of amides is 1. The Morgan fingerprint density at radius 3 is 1.93 bits per heavy atom. The molecule has 3 aromatic rings. The van der Waals surface area contributed by atoms with Gasteiger partial charge in [0.1, 0.15) is 21.2 Å². The molecule has 41 heavy (non-hydrogen) atoms. The normalized spacial score (nSPS) is 13.3. The van der Waals surface area contributed by atoms with Crippen molar-refractivity contribution in [2.24, 2.45) is 10.2 Å². The molecule has 0 spiro atoms. The highest BCUT2D eigenvalue weighted by molar-refractivity contribution is 7.86. The van der Waals surface area contributed by atoms with Gasteiger partial charge in [-0.05, 0) is 67.6 Å². The molecule has 0 radical (unpaired) electrons. The standard InChI is InChI=1S/C23H23N3O12S3/c1-11-5-14-8-21(41(35,36)37)17(9-15(14)20(6-11)40(32,33)34)25-26-22(13(3)27)23(28)24-16-10-19(39(29,30)31)12(2)7-18(16)38-4/h5-10,22H,1-4H3,(H,24,28)(H,29,30,31)(H,32,33,34)(H,35,36,37). The van der Waals surface area contributed by atoms with Crippen molar-refractivity contribution in [3.05, 3.63) is 47.5 Å². The van der Waals surface area contributed by atoms with E-state index in [1.165, 1.54) is 33.1 Å². The molecule has 0 aliphatic carbocycles. The van der Waals surface area contributed by atoms with E-state index in [2.05, 4.69) is 15.5 Å². The lowest BCUT2D eigenvalue weighted by atomic mass is 10.1. The van der Waals surface area contributed by atoms with E-state index in [4.69, 9.17) is 4.74 Å². The summed E-state index contributed by atoms with van der Waals surface area (Å²) in [4.78, 5) is 23.2. The van der Waals surface area contributed by atoms with Crippen molar-refractivity contribution in [1.29, 1.82) is 0 Å². The molecule has 0 bridgehead atoms. The second kappa shape index (κ2) is 11.2. The van der Waals surface area contributed by atoms with E-state index in [0.29, 0.717) is 5.56 Å². The van der Waals surface area contributed by atoms with Crippen molar-refractivity contribution in [3.63, 3.8) is 0 Å². The lowest BCUT2D eigenvalue weighted by Gasteiger charge is -2.15. The first-order chi connectivity index (χ1) is 18.7. The van der Waals surface area contributed by atoms with Gasteiger partial charge in [-0.2, -0.15) is 35.5 Å². The molecule has 0 heterocycles. The summed E-state index contributed by atoms with van der Waals surface area (Å²) in [5, 5.41) is 9.24. The molecule has 15 nitrogen and oxygen atoms in total. The number of aryl methyl sites for hydroxylation is 2. The summed E-state index contributed by atoms with van der Waals surface area (Å²) >= 11 is 0. The number of anilines is 1. The third-order valence-corrected chi connectivity index (χ3v) is 8.41. The smallest absolute Gasteiger partial charge is 0.296 e. The number of methoxy groups -OCH3 is 1. The number of rotatable bonds is 9. The molecule has 3 aromatic carbocycles. The number of hydrogen-bond donors (Lipinski definition) is 4. The number of Topliss-reactive ketones (excluding diaryl/α,β-unsaturated/α-hetero) is 1. The van der Waals surface area contributed by atoms with Gasteiger partial charge >= 0.3 is 0 Å². The molecule has 1 unspecified atom stereocenters. The number of carbonyl (C=O) groups is 2. The molecule has 0 aromatic heterocycles. The van der Waals surface area contributed by atoms with Crippen LogP contribution in [0.25, 0.3) is 10.8 Å². The fraction of sp³-hybridized carbons (Fsp3) is 0.217. The Kier molecular flexibility index (Phi) is 8.68. The molecule has 1 atom stereocenters. The number of nitrogens with zero attached hydrogens (tertiary/aromatic N) is 2. The summed E-state index contributed by atoms with van der Waals surface area (Å²) in [5.74, 6) is -2.12. The second-order valence-corrected chi connectivity index (χ2v) is 12.9. The molecule has 220 valence electrons. The van der Waals surface area contributed by atoms with Crippen molar-refractivity contribution in [1.82, 2.24) is 0 Å². The van der Waals surface area contributed by atoms with E-state index in [1.54, 1.807) is 0 Å². The van der Waals surface area contributed by atoms with Crippen molar-refractivity contribution >= 4 is 64.2 Å². The number of nitrogens with one attached hydrogen (secondary N) is 1. The zero-order valence-electron chi connectivity index (χ0n) is 21.7. The maximum absolute atomic E-state index is 13.0. The molecule has 4 N–H and O–H groups in total. The largest absolute Gasteiger partial charge is 0.495 e. The maximum atomic E-state index is 13.0. The lowest BCUT2D eigenvalue weighted by Crippen LogP contribution is -2.32. The average molecular weight is 630 g/mol. The molecular formula is C23H23N3O12S3. The van der Waals surface area contributed by atoms with Crippen LogP contribution in [-0.2, 0) is 39.9 Å². The summed E-state index contributed by atoms with van der Waals surface area (Å²) in [5.41, 5.74) is -0.527. The summed E-state index contributed by atoms with van der Waals surface area (Å²) < 4.78 is 105. The predicted molar refractivity (Wildman–Crippen MR) is 143 cm³/mol. The number of fused-ring (bicyclic) bond motifs is 1. The Balaban J connectivity index is 2.15. The fourth-order valence-electron chi connectivity index (χ4n) is 3.83. The van der Waals surface area contributed by atoms with Crippen molar-refractivity contribution in [3.8, 4) is 5.75 Å². The first-order valence-corrected chi connectivity index (χ1v) is 15.5. The Morgan fingerprint density at radius 1 is 0.829 bits per heavy atom. The highest BCUT2D eigenvalue weighted by Gasteiger charge is 2.27. The van der Waals surface area contributed by atoms with Crippen LogP contribution in [0.5, 0.6) is 5.75 Å². The molecule has 0 aliphatic heterocycles. The average Bonchev–Trinajstić information content (AvgIpc) is 2.81. The third kappa shape index (κ3) is 7.10. The van der Waals surface area contributed by atoms with Gasteiger partial charge in [0.05, 0.1) is 17.7 Å². The van der Waals surface area contributed by atoms with Gasteiger partial charge in [-0.1, -0.05) is 6.07 Å². The van der Waals surface area contributed by atoms with Gasteiger partial charge in [0.15, 0.2) is 5.78 Å². The summed E-state index contributed by atoms with van der Waals surface area (Å²) in [6.07, 6.45) is 0. The molecule has 1 amide bonds. The number of azo groups is 1. The van der Waals surface area contributed by atoms with Gasteiger partial charge in [0, 0.05) is 5.39 Å². The van der Waals surface area contributed by atoms with Crippen molar-refractivity contribution in [2.75, 3.05) is 12.4 Å². The Labute approximate surface area is 234 Å². The van der Waals surface area contributed by atoms with Gasteiger partial charge < -0.3 is 10.1 Å². The highest BCUT2D eigenvalue weighted by atomic mass is 32.2. The lowest BCUT2D eigenvalue weighted by molar-refractivity contribution is -0.126. The van der Waals surface area contributed by atoms with Crippen LogP contribution in [0.2, 0.25) is 0 Å². The van der Waals surface area contributed by atoms with E-state index in [-0.39, 0.29) is 27.8 Å². The minimum atomic E-state index is -5.00. The number of ketones is 1. The van der Waals surface area contributed by atoms with Gasteiger partial charge in [0.25, 0.3) is 36.3 Å². The maximum Gasteiger partial charge on any atom is 0.296 e. The first kappa shape index (κ1) is 31.7.